The molecule has 2 heterocycles. The third kappa shape index (κ3) is 3.21. The molecule has 1 amide bonds. The number of fused-ring (bicyclic) bond motifs is 1. The molecule has 0 radical (unpaired) electrons. The molecule has 0 aliphatic heterocycles. The second kappa shape index (κ2) is 6.22. The van der Waals surface area contributed by atoms with Gasteiger partial charge in [0, 0.05) is 24.6 Å². The normalized spacial score (nSPS) is 12.9. The molecule has 0 aromatic carbocycles. The summed E-state index contributed by atoms with van der Waals surface area (Å²) in [5.41, 5.74) is 2.03. The quantitative estimate of drug-likeness (QED) is 0.878. The maximum atomic E-state index is 12.2. The highest BCUT2D eigenvalue weighted by molar-refractivity contribution is 5.98. The number of nitrogens with zero attached hydrogens (tertiary/aromatic N) is 3. The minimum Gasteiger partial charge on any atom is -0.396 e. The van der Waals surface area contributed by atoms with Crippen LogP contribution in [0.1, 0.15) is 42.9 Å². The summed E-state index contributed by atoms with van der Waals surface area (Å²) in [6.07, 6.45) is 1.73. The summed E-state index contributed by atoms with van der Waals surface area (Å²) in [5.74, 6) is -0.130. The van der Waals surface area contributed by atoms with Gasteiger partial charge in [0.25, 0.3) is 5.91 Å². The molecule has 114 valence electrons. The smallest absolute Gasteiger partial charge is 0.253 e. The summed E-state index contributed by atoms with van der Waals surface area (Å²) in [5, 5.41) is 17.0. The molecule has 2 aromatic rings. The van der Waals surface area contributed by atoms with Crippen molar-refractivity contribution in [2.24, 2.45) is 5.92 Å². The van der Waals surface area contributed by atoms with Crippen LogP contribution in [0.3, 0.4) is 0 Å². The Bertz CT molecular complexity index is 648. The summed E-state index contributed by atoms with van der Waals surface area (Å²) < 4.78 is 1.85. The Morgan fingerprint density at radius 3 is 2.76 bits per heavy atom. The number of aryl methyl sites for hydroxylation is 1. The lowest BCUT2D eigenvalue weighted by Crippen LogP contribution is -2.30. The fourth-order valence-corrected chi connectivity index (χ4v) is 2.10. The Morgan fingerprint density at radius 2 is 2.14 bits per heavy atom. The lowest BCUT2D eigenvalue weighted by atomic mass is 10.1. The molecule has 0 saturated heterocycles. The second-order valence-corrected chi connectivity index (χ2v) is 5.71. The van der Waals surface area contributed by atoms with Gasteiger partial charge in [-0.25, -0.2) is 9.67 Å². The van der Waals surface area contributed by atoms with Crippen molar-refractivity contribution < 1.29 is 9.90 Å². The molecule has 1 unspecified atom stereocenters. The van der Waals surface area contributed by atoms with Crippen molar-refractivity contribution >= 4 is 16.9 Å². The molecule has 21 heavy (non-hydrogen) atoms. The minimum atomic E-state index is -0.167. The van der Waals surface area contributed by atoms with Gasteiger partial charge in [-0.05, 0) is 32.8 Å². The minimum absolute atomic E-state index is 0.0367. The van der Waals surface area contributed by atoms with Crippen LogP contribution in [0.15, 0.2) is 12.3 Å². The van der Waals surface area contributed by atoms with E-state index in [0.29, 0.717) is 17.8 Å². The van der Waals surface area contributed by atoms with Crippen LogP contribution in [0.2, 0.25) is 0 Å². The van der Waals surface area contributed by atoms with Gasteiger partial charge in [0.2, 0.25) is 0 Å². The van der Waals surface area contributed by atoms with Gasteiger partial charge in [-0.1, -0.05) is 6.92 Å². The number of hydrogen-bond acceptors (Lipinski definition) is 4. The summed E-state index contributed by atoms with van der Waals surface area (Å²) >= 11 is 0. The zero-order chi connectivity index (χ0) is 15.6. The van der Waals surface area contributed by atoms with E-state index in [-0.39, 0.29) is 24.5 Å². The van der Waals surface area contributed by atoms with E-state index in [1.54, 1.807) is 6.20 Å². The summed E-state index contributed by atoms with van der Waals surface area (Å²) in [7, 11) is 0. The number of aliphatic hydroxyl groups excluding tert-OH is 1. The average Bonchev–Trinajstić information content (AvgIpc) is 2.86. The van der Waals surface area contributed by atoms with Crippen LogP contribution in [0.5, 0.6) is 0 Å². The van der Waals surface area contributed by atoms with E-state index in [1.807, 2.05) is 38.4 Å². The van der Waals surface area contributed by atoms with Crippen LogP contribution in [0.25, 0.3) is 11.0 Å². The number of amides is 1. The highest BCUT2D eigenvalue weighted by Gasteiger charge is 2.15. The van der Waals surface area contributed by atoms with Crippen molar-refractivity contribution in [2.75, 3.05) is 13.2 Å². The Labute approximate surface area is 124 Å². The van der Waals surface area contributed by atoms with Crippen molar-refractivity contribution in [3.05, 3.63) is 23.5 Å². The molecular weight excluding hydrogens is 268 g/mol. The van der Waals surface area contributed by atoms with Gasteiger partial charge in [0.15, 0.2) is 5.65 Å². The largest absolute Gasteiger partial charge is 0.396 e. The summed E-state index contributed by atoms with van der Waals surface area (Å²) in [6, 6.07) is 2.04. The van der Waals surface area contributed by atoms with E-state index < -0.39 is 0 Å². The van der Waals surface area contributed by atoms with Crippen LogP contribution in [0.4, 0.5) is 0 Å². The van der Waals surface area contributed by atoms with Gasteiger partial charge in [-0.3, -0.25) is 4.79 Å². The molecule has 0 aliphatic rings. The molecule has 0 spiro atoms. The Morgan fingerprint density at radius 1 is 1.43 bits per heavy atom. The summed E-state index contributed by atoms with van der Waals surface area (Å²) in [4.78, 5) is 16.7. The topological polar surface area (TPSA) is 80.0 Å². The molecule has 1 atom stereocenters. The van der Waals surface area contributed by atoms with Crippen molar-refractivity contribution in [1.29, 1.82) is 0 Å². The van der Waals surface area contributed by atoms with Crippen molar-refractivity contribution in [1.82, 2.24) is 20.1 Å². The Balaban J connectivity index is 2.29. The van der Waals surface area contributed by atoms with Crippen molar-refractivity contribution in [3.63, 3.8) is 0 Å². The average molecular weight is 290 g/mol. The molecule has 0 saturated carbocycles. The fourth-order valence-electron chi connectivity index (χ4n) is 2.10. The molecule has 0 bridgehead atoms. The zero-order valence-corrected chi connectivity index (χ0v) is 12.9. The standard InChI is InChI=1S/C15H22N4O2/c1-9(2)19-14-12(7-17-19)5-13(11(4)18-14)15(21)16-6-10(3)8-20/h5,7,9-10,20H,6,8H2,1-4H3,(H,16,21). The van der Waals surface area contributed by atoms with Gasteiger partial charge in [0.05, 0.1) is 17.5 Å². The number of carbonyl (C=O) groups is 1. The maximum absolute atomic E-state index is 12.2. The van der Waals surface area contributed by atoms with Gasteiger partial charge in [0.1, 0.15) is 0 Å². The maximum Gasteiger partial charge on any atom is 0.253 e. The lowest BCUT2D eigenvalue weighted by Gasteiger charge is -2.11. The third-order valence-electron chi connectivity index (χ3n) is 3.42. The van der Waals surface area contributed by atoms with Gasteiger partial charge < -0.3 is 10.4 Å². The van der Waals surface area contributed by atoms with Gasteiger partial charge in [-0.2, -0.15) is 5.10 Å². The van der Waals surface area contributed by atoms with Crippen LogP contribution in [0, 0.1) is 12.8 Å². The number of aliphatic hydroxyl groups is 1. The van der Waals surface area contributed by atoms with E-state index in [1.165, 1.54) is 0 Å². The second-order valence-electron chi connectivity index (χ2n) is 5.71. The molecule has 6 nitrogen and oxygen atoms in total. The van der Waals surface area contributed by atoms with Gasteiger partial charge in [-0.15, -0.1) is 0 Å². The van der Waals surface area contributed by atoms with Crippen LogP contribution >= 0.6 is 0 Å². The monoisotopic (exact) mass is 290 g/mol. The molecule has 6 heteroatoms. The van der Waals surface area contributed by atoms with E-state index in [2.05, 4.69) is 15.4 Å². The molecule has 0 fully saturated rings. The van der Waals surface area contributed by atoms with Crippen LogP contribution in [-0.2, 0) is 0 Å². The number of pyridine rings is 1. The fraction of sp³-hybridized carbons (Fsp3) is 0.533. The SMILES string of the molecule is Cc1nc2c(cnn2C(C)C)cc1C(=O)NCC(C)CO. The number of nitrogens with one attached hydrogen (secondary N) is 1. The van der Waals surface area contributed by atoms with Crippen LogP contribution in [-0.4, -0.2) is 38.9 Å². The first-order chi connectivity index (χ1) is 9.93. The Hall–Kier alpha value is -1.95. The first-order valence-corrected chi connectivity index (χ1v) is 7.18. The number of aromatic nitrogens is 3. The lowest BCUT2D eigenvalue weighted by molar-refractivity contribution is 0.0941. The predicted molar refractivity (Wildman–Crippen MR) is 81.2 cm³/mol. The predicted octanol–water partition coefficient (Wildman–Crippen LogP) is 1.68. The summed E-state index contributed by atoms with van der Waals surface area (Å²) in [6.45, 7) is 8.28. The Kier molecular flexibility index (Phi) is 4.57. The molecule has 2 rings (SSSR count). The third-order valence-corrected chi connectivity index (χ3v) is 3.42. The molecule has 0 aliphatic carbocycles. The first-order valence-electron chi connectivity index (χ1n) is 7.18. The number of hydrogen-bond donors (Lipinski definition) is 2. The first kappa shape index (κ1) is 15.4. The highest BCUT2D eigenvalue weighted by Crippen LogP contribution is 2.19. The van der Waals surface area contributed by atoms with Crippen LogP contribution < -0.4 is 5.32 Å². The van der Waals surface area contributed by atoms with Crippen molar-refractivity contribution in [2.45, 2.75) is 33.7 Å². The molecule has 2 aromatic heterocycles. The van der Waals surface area contributed by atoms with Gasteiger partial charge >= 0.3 is 0 Å². The number of rotatable bonds is 5. The van der Waals surface area contributed by atoms with Crippen molar-refractivity contribution in [3.8, 4) is 0 Å². The van der Waals surface area contributed by atoms with E-state index in [4.69, 9.17) is 5.11 Å². The number of carbonyl (C=O) groups excluding carboxylic acids is 1. The zero-order valence-electron chi connectivity index (χ0n) is 12.9. The molecule has 2 N–H and O–H groups in total. The van der Waals surface area contributed by atoms with E-state index >= 15 is 0 Å². The molecular formula is C15H22N4O2. The van der Waals surface area contributed by atoms with E-state index in [0.717, 1.165) is 11.0 Å². The highest BCUT2D eigenvalue weighted by atomic mass is 16.3. The van der Waals surface area contributed by atoms with E-state index in [9.17, 15) is 4.79 Å².